The first-order chi connectivity index (χ1) is 14.8. The molecule has 0 fully saturated rings. The van der Waals surface area contributed by atoms with Gasteiger partial charge < -0.3 is 15.4 Å². The highest BCUT2D eigenvalue weighted by molar-refractivity contribution is 5.92. The number of nitrogens with one attached hydrogen (secondary N) is 2. The Morgan fingerprint density at radius 1 is 0.867 bits per heavy atom. The molecule has 0 aliphatic rings. The van der Waals surface area contributed by atoms with Gasteiger partial charge in [-0.1, -0.05) is 30.3 Å². The van der Waals surface area contributed by atoms with E-state index in [9.17, 15) is 4.79 Å². The number of amides is 1. The SMILES string of the molecule is O=C(NCc1ccncc1)c1ccnc(Nc2ccccc2Oc2ccccc2)n1. The van der Waals surface area contributed by atoms with Gasteiger partial charge in [0.2, 0.25) is 5.95 Å². The first-order valence-corrected chi connectivity index (χ1v) is 9.37. The Morgan fingerprint density at radius 3 is 2.47 bits per heavy atom. The van der Waals surface area contributed by atoms with E-state index in [1.165, 1.54) is 6.20 Å². The zero-order valence-corrected chi connectivity index (χ0v) is 16.0. The molecule has 0 spiro atoms. The van der Waals surface area contributed by atoms with Crippen molar-refractivity contribution >= 4 is 17.5 Å². The predicted octanol–water partition coefficient (Wildman–Crippen LogP) is 4.34. The Balaban J connectivity index is 1.46. The monoisotopic (exact) mass is 397 g/mol. The van der Waals surface area contributed by atoms with Crippen molar-refractivity contribution in [1.29, 1.82) is 0 Å². The van der Waals surface area contributed by atoms with Crippen LogP contribution in [0.5, 0.6) is 11.5 Å². The molecule has 0 saturated heterocycles. The van der Waals surface area contributed by atoms with Gasteiger partial charge in [-0.25, -0.2) is 9.97 Å². The second-order valence-electron chi connectivity index (χ2n) is 6.34. The van der Waals surface area contributed by atoms with E-state index in [0.29, 0.717) is 23.9 Å². The molecule has 2 N–H and O–H groups in total. The van der Waals surface area contributed by atoms with Crippen LogP contribution in [0.15, 0.2) is 91.4 Å². The van der Waals surface area contributed by atoms with Crippen LogP contribution >= 0.6 is 0 Å². The zero-order chi connectivity index (χ0) is 20.6. The van der Waals surface area contributed by atoms with Crippen LogP contribution in [-0.2, 0) is 6.54 Å². The molecule has 7 nitrogen and oxygen atoms in total. The molecule has 0 radical (unpaired) electrons. The van der Waals surface area contributed by atoms with Gasteiger partial charge >= 0.3 is 0 Å². The number of ether oxygens (including phenoxy) is 1. The van der Waals surface area contributed by atoms with Crippen LogP contribution in [0.3, 0.4) is 0 Å². The highest BCUT2D eigenvalue weighted by Gasteiger charge is 2.11. The fourth-order valence-electron chi connectivity index (χ4n) is 2.71. The van der Waals surface area contributed by atoms with Gasteiger partial charge in [0, 0.05) is 25.1 Å². The van der Waals surface area contributed by atoms with Crippen molar-refractivity contribution in [2.24, 2.45) is 0 Å². The predicted molar refractivity (Wildman–Crippen MR) is 114 cm³/mol. The lowest BCUT2D eigenvalue weighted by molar-refractivity contribution is 0.0946. The van der Waals surface area contributed by atoms with Crippen LogP contribution in [-0.4, -0.2) is 20.9 Å². The van der Waals surface area contributed by atoms with Crippen LogP contribution in [0.25, 0.3) is 0 Å². The molecule has 2 aromatic heterocycles. The normalized spacial score (nSPS) is 10.3. The van der Waals surface area contributed by atoms with Crippen LogP contribution in [0.4, 0.5) is 11.6 Å². The lowest BCUT2D eigenvalue weighted by Crippen LogP contribution is -2.24. The molecule has 4 aromatic rings. The number of anilines is 2. The van der Waals surface area contributed by atoms with Gasteiger partial charge in [0.25, 0.3) is 5.91 Å². The lowest BCUT2D eigenvalue weighted by Gasteiger charge is -2.12. The maximum atomic E-state index is 12.5. The second kappa shape index (κ2) is 9.29. The summed E-state index contributed by atoms with van der Waals surface area (Å²) in [4.78, 5) is 25.0. The minimum atomic E-state index is -0.286. The molecule has 148 valence electrons. The molecular weight excluding hydrogens is 378 g/mol. The zero-order valence-electron chi connectivity index (χ0n) is 16.0. The van der Waals surface area contributed by atoms with Gasteiger partial charge in [0.05, 0.1) is 5.69 Å². The van der Waals surface area contributed by atoms with Gasteiger partial charge in [0.15, 0.2) is 5.75 Å². The second-order valence-corrected chi connectivity index (χ2v) is 6.34. The minimum Gasteiger partial charge on any atom is -0.455 e. The largest absolute Gasteiger partial charge is 0.455 e. The number of pyridine rings is 1. The van der Waals surface area contributed by atoms with Gasteiger partial charge in [-0.2, -0.15) is 0 Å². The van der Waals surface area contributed by atoms with Gasteiger partial charge in [-0.3, -0.25) is 9.78 Å². The summed E-state index contributed by atoms with van der Waals surface area (Å²) < 4.78 is 5.94. The van der Waals surface area contributed by atoms with Crippen molar-refractivity contribution in [1.82, 2.24) is 20.3 Å². The number of benzene rings is 2. The standard InChI is InChI=1S/C23H19N5O2/c29-22(26-16-17-10-13-24-14-11-17)20-12-15-25-23(28-20)27-19-8-4-5-9-21(19)30-18-6-2-1-3-7-18/h1-15H,16H2,(H,26,29)(H,25,27,28). The van der Waals surface area contributed by atoms with E-state index in [1.54, 1.807) is 18.5 Å². The molecule has 0 bridgehead atoms. The fraction of sp³-hybridized carbons (Fsp3) is 0.0435. The van der Waals surface area contributed by atoms with Crippen molar-refractivity contribution in [2.45, 2.75) is 6.54 Å². The first-order valence-electron chi connectivity index (χ1n) is 9.37. The summed E-state index contributed by atoms with van der Waals surface area (Å²) in [5, 5.41) is 5.97. The van der Waals surface area contributed by atoms with Crippen molar-refractivity contribution in [3.63, 3.8) is 0 Å². The van der Waals surface area contributed by atoms with Crippen molar-refractivity contribution < 1.29 is 9.53 Å². The molecule has 4 rings (SSSR count). The van der Waals surface area contributed by atoms with E-state index in [-0.39, 0.29) is 11.6 Å². The summed E-state index contributed by atoms with van der Waals surface area (Å²) in [7, 11) is 0. The fourth-order valence-corrected chi connectivity index (χ4v) is 2.71. The maximum Gasteiger partial charge on any atom is 0.270 e. The summed E-state index contributed by atoms with van der Waals surface area (Å²) in [5.74, 6) is 1.36. The molecule has 0 aliphatic heterocycles. The summed E-state index contributed by atoms with van der Waals surface area (Å²) in [6.07, 6.45) is 4.91. The molecule has 0 aliphatic carbocycles. The first kappa shape index (κ1) is 19.1. The average molecular weight is 397 g/mol. The Morgan fingerprint density at radius 2 is 1.63 bits per heavy atom. The molecular formula is C23H19N5O2. The molecule has 0 saturated carbocycles. The number of rotatable bonds is 7. The number of para-hydroxylation sites is 3. The van der Waals surface area contributed by atoms with Crippen LogP contribution < -0.4 is 15.4 Å². The third-order valence-corrected chi connectivity index (χ3v) is 4.20. The Labute approximate surface area is 173 Å². The number of hydrogen-bond donors (Lipinski definition) is 2. The quantitative estimate of drug-likeness (QED) is 0.482. The molecule has 2 heterocycles. The molecule has 1 amide bonds. The smallest absolute Gasteiger partial charge is 0.270 e. The maximum absolute atomic E-state index is 12.5. The van der Waals surface area contributed by atoms with Gasteiger partial charge in [-0.15, -0.1) is 0 Å². The van der Waals surface area contributed by atoms with E-state index in [2.05, 4.69) is 25.6 Å². The van der Waals surface area contributed by atoms with Crippen molar-refractivity contribution in [3.8, 4) is 11.5 Å². The average Bonchev–Trinajstić information content (AvgIpc) is 2.80. The highest BCUT2D eigenvalue weighted by atomic mass is 16.5. The van der Waals surface area contributed by atoms with Crippen LogP contribution in [0.2, 0.25) is 0 Å². The minimum absolute atomic E-state index is 0.267. The number of nitrogens with zero attached hydrogens (tertiary/aromatic N) is 3. The molecule has 30 heavy (non-hydrogen) atoms. The van der Waals surface area contributed by atoms with E-state index in [0.717, 1.165) is 11.3 Å². The number of hydrogen-bond acceptors (Lipinski definition) is 6. The van der Waals surface area contributed by atoms with Gasteiger partial charge in [0.1, 0.15) is 11.4 Å². The summed E-state index contributed by atoms with van der Waals surface area (Å²) in [6, 6.07) is 22.2. The van der Waals surface area contributed by atoms with E-state index < -0.39 is 0 Å². The Bertz CT molecular complexity index is 1120. The third kappa shape index (κ3) is 4.96. The number of carbonyl (C=O) groups excluding carboxylic acids is 1. The summed E-state index contributed by atoms with van der Waals surface area (Å²) in [6.45, 7) is 0.391. The Hall–Kier alpha value is -4.26. The highest BCUT2D eigenvalue weighted by Crippen LogP contribution is 2.30. The van der Waals surface area contributed by atoms with Crippen LogP contribution in [0, 0.1) is 0 Å². The van der Waals surface area contributed by atoms with E-state index >= 15 is 0 Å². The number of aromatic nitrogens is 3. The van der Waals surface area contributed by atoms with Crippen molar-refractivity contribution in [2.75, 3.05) is 5.32 Å². The molecule has 0 atom stereocenters. The number of carbonyl (C=O) groups is 1. The summed E-state index contributed by atoms with van der Waals surface area (Å²) >= 11 is 0. The van der Waals surface area contributed by atoms with E-state index in [1.807, 2.05) is 66.7 Å². The topological polar surface area (TPSA) is 89.0 Å². The van der Waals surface area contributed by atoms with Crippen molar-refractivity contribution in [3.05, 3.63) is 103 Å². The van der Waals surface area contributed by atoms with Gasteiger partial charge in [-0.05, 0) is 48.0 Å². The Kier molecular flexibility index (Phi) is 5.91. The molecule has 7 heteroatoms. The summed E-state index contributed by atoms with van der Waals surface area (Å²) in [5.41, 5.74) is 1.91. The van der Waals surface area contributed by atoms with E-state index in [4.69, 9.17) is 4.74 Å². The molecule has 0 unspecified atom stereocenters. The molecule has 2 aromatic carbocycles. The third-order valence-electron chi connectivity index (χ3n) is 4.20. The van der Waals surface area contributed by atoms with Crippen LogP contribution in [0.1, 0.15) is 16.1 Å². The lowest BCUT2D eigenvalue weighted by atomic mass is 10.2.